The lowest BCUT2D eigenvalue weighted by molar-refractivity contribution is -0.385. The molecule has 0 spiro atoms. The second kappa shape index (κ2) is 3.60. The van der Waals surface area contributed by atoms with E-state index in [1.807, 2.05) is 0 Å². The fourth-order valence-corrected chi connectivity index (χ4v) is 0.911. The molecule has 1 aromatic carbocycles. The Labute approximate surface area is 77.1 Å². The van der Waals surface area contributed by atoms with Crippen molar-refractivity contribution in [2.24, 2.45) is 5.18 Å². The van der Waals surface area contributed by atoms with Crippen LogP contribution in [0.25, 0.3) is 0 Å². The Kier molecular flexibility index (Phi) is 2.52. The summed E-state index contributed by atoms with van der Waals surface area (Å²) in [5.41, 5.74) is -1.27. The minimum Gasteiger partial charge on any atom is -0.477 e. The van der Waals surface area contributed by atoms with Crippen LogP contribution < -0.4 is 0 Å². The first kappa shape index (κ1) is 9.78. The van der Waals surface area contributed by atoms with Crippen LogP contribution in [0.1, 0.15) is 10.4 Å². The molecule has 14 heavy (non-hydrogen) atoms. The molecule has 7 heteroatoms. The fourth-order valence-electron chi connectivity index (χ4n) is 0.911. The van der Waals surface area contributed by atoms with E-state index in [9.17, 15) is 19.8 Å². The van der Waals surface area contributed by atoms with Gasteiger partial charge in [0.05, 0.1) is 4.92 Å². The molecule has 1 rings (SSSR count). The molecule has 72 valence electrons. The Morgan fingerprint density at radius 2 is 2.14 bits per heavy atom. The van der Waals surface area contributed by atoms with Crippen molar-refractivity contribution in [3.63, 3.8) is 0 Å². The zero-order valence-electron chi connectivity index (χ0n) is 6.71. The van der Waals surface area contributed by atoms with E-state index in [2.05, 4.69) is 5.18 Å². The third kappa shape index (κ3) is 1.71. The number of nitroso groups, excluding NO2 is 1. The van der Waals surface area contributed by atoms with E-state index in [0.29, 0.717) is 0 Å². The van der Waals surface area contributed by atoms with Gasteiger partial charge < -0.3 is 5.11 Å². The van der Waals surface area contributed by atoms with Crippen molar-refractivity contribution >= 4 is 17.3 Å². The van der Waals surface area contributed by atoms with Crippen molar-refractivity contribution in [1.29, 1.82) is 0 Å². The van der Waals surface area contributed by atoms with Crippen molar-refractivity contribution in [3.8, 4) is 0 Å². The Morgan fingerprint density at radius 1 is 1.50 bits per heavy atom. The molecular formula is C7H4N2O5. The number of hydrogen-bond donors (Lipinski definition) is 1. The van der Waals surface area contributed by atoms with E-state index in [-0.39, 0.29) is 5.69 Å². The highest BCUT2D eigenvalue weighted by molar-refractivity contribution is 5.93. The molecule has 1 N–H and O–H groups in total. The summed E-state index contributed by atoms with van der Waals surface area (Å²) in [7, 11) is 0. The number of rotatable bonds is 3. The largest absolute Gasteiger partial charge is 0.477 e. The number of aromatic carboxylic acids is 1. The van der Waals surface area contributed by atoms with Gasteiger partial charge in [-0.3, -0.25) is 10.1 Å². The summed E-state index contributed by atoms with van der Waals surface area (Å²) in [5, 5.41) is 21.4. The summed E-state index contributed by atoms with van der Waals surface area (Å²) in [4.78, 5) is 30.1. The standard InChI is InChI=1S/C7H4N2O5/c10-7(11)5-3-4(8-12)1-2-6(5)9(13)14/h1-3H,(H,10,11). The predicted molar refractivity (Wildman–Crippen MR) is 45.5 cm³/mol. The molecule has 0 aromatic heterocycles. The van der Waals surface area contributed by atoms with Gasteiger partial charge in [0.15, 0.2) is 0 Å². The van der Waals surface area contributed by atoms with Crippen molar-refractivity contribution in [2.75, 3.05) is 0 Å². The van der Waals surface area contributed by atoms with Crippen LogP contribution in [0.15, 0.2) is 23.4 Å². The second-order valence-corrected chi connectivity index (χ2v) is 2.36. The quantitative estimate of drug-likeness (QED) is 0.449. The summed E-state index contributed by atoms with van der Waals surface area (Å²) in [6.07, 6.45) is 0. The lowest BCUT2D eigenvalue weighted by Crippen LogP contribution is -2.01. The van der Waals surface area contributed by atoms with Crippen molar-refractivity contribution in [1.82, 2.24) is 0 Å². The zero-order chi connectivity index (χ0) is 10.7. The molecule has 0 saturated carbocycles. The highest BCUT2D eigenvalue weighted by Crippen LogP contribution is 2.23. The average Bonchev–Trinajstić information content (AvgIpc) is 2.16. The molecule has 7 nitrogen and oxygen atoms in total. The number of hydrogen-bond acceptors (Lipinski definition) is 5. The average molecular weight is 196 g/mol. The lowest BCUT2D eigenvalue weighted by Gasteiger charge is -1.97. The van der Waals surface area contributed by atoms with E-state index in [1.165, 1.54) is 0 Å². The highest BCUT2D eigenvalue weighted by Gasteiger charge is 2.19. The molecule has 0 aliphatic rings. The number of nitro groups is 1. The molecule has 0 radical (unpaired) electrons. The van der Waals surface area contributed by atoms with Gasteiger partial charge in [-0.15, -0.1) is 4.91 Å². The number of benzene rings is 1. The van der Waals surface area contributed by atoms with Gasteiger partial charge in [0.25, 0.3) is 5.69 Å². The number of nitro benzene ring substituents is 1. The van der Waals surface area contributed by atoms with E-state index < -0.39 is 22.1 Å². The van der Waals surface area contributed by atoms with Gasteiger partial charge in [-0.2, -0.15) is 0 Å². The molecule has 0 fully saturated rings. The van der Waals surface area contributed by atoms with Crippen LogP contribution >= 0.6 is 0 Å². The summed E-state index contributed by atoms with van der Waals surface area (Å²) in [5.74, 6) is -1.47. The van der Waals surface area contributed by atoms with Gasteiger partial charge in [0.2, 0.25) is 0 Å². The molecule has 0 aliphatic carbocycles. The summed E-state index contributed by atoms with van der Waals surface area (Å²) in [6, 6.07) is 2.87. The van der Waals surface area contributed by atoms with E-state index >= 15 is 0 Å². The molecule has 0 bridgehead atoms. The zero-order valence-corrected chi connectivity index (χ0v) is 6.71. The van der Waals surface area contributed by atoms with Gasteiger partial charge in [-0.25, -0.2) is 4.79 Å². The first-order chi connectivity index (χ1) is 6.56. The molecule has 1 aromatic rings. The lowest BCUT2D eigenvalue weighted by atomic mass is 10.1. The molecule has 0 aliphatic heterocycles. The molecule has 0 unspecified atom stereocenters. The maximum Gasteiger partial charge on any atom is 0.342 e. The van der Waals surface area contributed by atoms with E-state index in [1.54, 1.807) is 0 Å². The summed E-state index contributed by atoms with van der Waals surface area (Å²) in [6.45, 7) is 0. The summed E-state index contributed by atoms with van der Waals surface area (Å²) >= 11 is 0. The Bertz CT molecular complexity index is 415. The van der Waals surface area contributed by atoms with Gasteiger partial charge >= 0.3 is 5.97 Å². The SMILES string of the molecule is O=Nc1ccc([N+](=O)[O-])c(C(=O)O)c1. The number of nitrogens with zero attached hydrogens (tertiary/aromatic N) is 2. The number of carbonyl (C=O) groups is 1. The fraction of sp³-hybridized carbons (Fsp3) is 0. The number of carboxylic acid groups (broad SMARTS) is 1. The van der Waals surface area contributed by atoms with Crippen molar-refractivity contribution in [3.05, 3.63) is 38.8 Å². The van der Waals surface area contributed by atoms with Gasteiger partial charge in [0.1, 0.15) is 11.3 Å². The van der Waals surface area contributed by atoms with Gasteiger partial charge in [-0.05, 0) is 17.3 Å². The smallest absolute Gasteiger partial charge is 0.342 e. The maximum absolute atomic E-state index is 10.5. The monoisotopic (exact) mass is 196 g/mol. The predicted octanol–water partition coefficient (Wildman–Crippen LogP) is 1.69. The van der Waals surface area contributed by atoms with Crippen LogP contribution in [-0.4, -0.2) is 16.0 Å². The minimum atomic E-state index is -1.47. The molecule has 0 heterocycles. The Balaban J connectivity index is 3.38. The molecular weight excluding hydrogens is 192 g/mol. The van der Waals surface area contributed by atoms with Crippen LogP contribution in [0, 0.1) is 15.0 Å². The minimum absolute atomic E-state index is 0.159. The van der Waals surface area contributed by atoms with Crippen LogP contribution in [0.4, 0.5) is 11.4 Å². The normalized spacial score (nSPS) is 9.43. The highest BCUT2D eigenvalue weighted by atomic mass is 16.6. The molecule has 0 atom stereocenters. The Hall–Kier alpha value is -2.31. The van der Waals surface area contributed by atoms with Crippen molar-refractivity contribution in [2.45, 2.75) is 0 Å². The van der Waals surface area contributed by atoms with Crippen LogP contribution in [-0.2, 0) is 0 Å². The first-order valence-corrected chi connectivity index (χ1v) is 3.41. The van der Waals surface area contributed by atoms with E-state index in [0.717, 1.165) is 18.2 Å². The number of carboxylic acids is 1. The third-order valence-electron chi connectivity index (χ3n) is 1.51. The second-order valence-electron chi connectivity index (χ2n) is 2.36. The van der Waals surface area contributed by atoms with Gasteiger partial charge in [0, 0.05) is 6.07 Å². The van der Waals surface area contributed by atoms with E-state index in [4.69, 9.17) is 5.11 Å². The Morgan fingerprint density at radius 3 is 2.57 bits per heavy atom. The topological polar surface area (TPSA) is 110 Å². The summed E-state index contributed by atoms with van der Waals surface area (Å²) < 4.78 is 0. The van der Waals surface area contributed by atoms with Crippen LogP contribution in [0.5, 0.6) is 0 Å². The maximum atomic E-state index is 10.5. The first-order valence-electron chi connectivity index (χ1n) is 3.41. The molecule has 0 amide bonds. The third-order valence-corrected chi connectivity index (χ3v) is 1.51. The van der Waals surface area contributed by atoms with Crippen LogP contribution in [0.3, 0.4) is 0 Å². The van der Waals surface area contributed by atoms with Crippen LogP contribution in [0.2, 0.25) is 0 Å². The van der Waals surface area contributed by atoms with Crippen molar-refractivity contribution < 1.29 is 14.8 Å². The van der Waals surface area contributed by atoms with Gasteiger partial charge in [-0.1, -0.05) is 0 Å². The molecule has 0 saturated heterocycles.